The summed E-state index contributed by atoms with van der Waals surface area (Å²) >= 11 is 0. The first kappa shape index (κ1) is 24.0. The molecule has 0 saturated carbocycles. The molecule has 1 aromatic rings. The van der Waals surface area contributed by atoms with Gasteiger partial charge in [0.2, 0.25) is 0 Å². The SMILES string of the molecule is CC(=CCc1c(O)cc2c(c1O)CN(C(C(=O)O)C(C)C)C2=O)CCC=C(C)C(=O)O. The second-order valence-electron chi connectivity index (χ2n) is 8.19. The summed E-state index contributed by atoms with van der Waals surface area (Å²) < 4.78 is 0. The quantitative estimate of drug-likeness (QED) is 0.347. The zero-order chi connectivity index (χ0) is 23.5. The molecule has 8 heteroatoms. The molecule has 1 aliphatic rings. The number of fused-ring (bicyclic) bond motifs is 1. The Morgan fingerprint density at radius 2 is 1.81 bits per heavy atom. The summed E-state index contributed by atoms with van der Waals surface area (Å²) in [4.78, 5) is 36.4. The van der Waals surface area contributed by atoms with Crippen molar-refractivity contribution in [3.63, 3.8) is 0 Å². The highest BCUT2D eigenvalue weighted by Gasteiger charge is 2.40. The summed E-state index contributed by atoms with van der Waals surface area (Å²) in [6.45, 7) is 6.78. The van der Waals surface area contributed by atoms with E-state index in [1.54, 1.807) is 19.9 Å². The molecule has 8 nitrogen and oxygen atoms in total. The van der Waals surface area contributed by atoms with E-state index in [2.05, 4.69) is 0 Å². The average molecular weight is 431 g/mol. The number of benzene rings is 1. The van der Waals surface area contributed by atoms with Crippen molar-refractivity contribution >= 4 is 17.8 Å². The molecule has 1 aliphatic heterocycles. The van der Waals surface area contributed by atoms with Gasteiger partial charge in [0.1, 0.15) is 17.5 Å². The van der Waals surface area contributed by atoms with Crippen LogP contribution in [0.3, 0.4) is 0 Å². The predicted molar refractivity (Wildman–Crippen MR) is 114 cm³/mol. The lowest BCUT2D eigenvalue weighted by Crippen LogP contribution is -2.44. The predicted octanol–water partition coefficient (Wildman–Crippen LogP) is 3.46. The number of carboxylic acids is 2. The maximum atomic E-state index is 12.7. The van der Waals surface area contributed by atoms with E-state index in [1.807, 2.05) is 13.0 Å². The molecule has 0 saturated heterocycles. The first-order valence-corrected chi connectivity index (χ1v) is 10.1. The van der Waals surface area contributed by atoms with Crippen molar-refractivity contribution < 1.29 is 34.8 Å². The fraction of sp³-hybridized carbons (Fsp3) is 0.435. The molecule has 1 heterocycles. The smallest absolute Gasteiger partial charge is 0.330 e. The Labute approximate surface area is 181 Å². The van der Waals surface area contributed by atoms with Crippen LogP contribution < -0.4 is 0 Å². The van der Waals surface area contributed by atoms with Crippen molar-refractivity contribution in [1.82, 2.24) is 4.90 Å². The van der Waals surface area contributed by atoms with Gasteiger partial charge in [0.05, 0.1) is 12.1 Å². The average Bonchev–Trinajstić information content (AvgIpc) is 2.97. The van der Waals surface area contributed by atoms with Crippen molar-refractivity contribution in [2.24, 2.45) is 5.92 Å². The first-order valence-electron chi connectivity index (χ1n) is 10.1. The van der Waals surface area contributed by atoms with Crippen LogP contribution in [0.15, 0.2) is 29.4 Å². The van der Waals surface area contributed by atoms with Crippen LogP contribution in [-0.4, -0.2) is 49.2 Å². The Hall–Kier alpha value is -3.29. The molecule has 1 atom stereocenters. The number of hydrogen-bond donors (Lipinski definition) is 4. The number of carbonyl (C=O) groups is 3. The zero-order valence-corrected chi connectivity index (χ0v) is 18.2. The lowest BCUT2D eigenvalue weighted by Gasteiger charge is -2.27. The van der Waals surface area contributed by atoms with Gasteiger partial charge in [0, 0.05) is 16.7 Å². The number of amides is 1. The van der Waals surface area contributed by atoms with Gasteiger partial charge in [-0.25, -0.2) is 9.59 Å². The van der Waals surface area contributed by atoms with Gasteiger partial charge in [-0.2, -0.15) is 0 Å². The van der Waals surface area contributed by atoms with Crippen LogP contribution >= 0.6 is 0 Å². The fourth-order valence-corrected chi connectivity index (χ4v) is 3.68. The van der Waals surface area contributed by atoms with Crippen LogP contribution in [0.4, 0.5) is 0 Å². The van der Waals surface area contributed by atoms with Gasteiger partial charge < -0.3 is 25.3 Å². The van der Waals surface area contributed by atoms with Crippen molar-refractivity contribution in [3.8, 4) is 11.5 Å². The second kappa shape index (κ2) is 9.68. The Kier molecular flexibility index (Phi) is 7.49. The van der Waals surface area contributed by atoms with E-state index in [4.69, 9.17) is 5.11 Å². The summed E-state index contributed by atoms with van der Waals surface area (Å²) in [5.41, 5.74) is 1.92. The highest BCUT2D eigenvalue weighted by Crippen LogP contribution is 2.40. The summed E-state index contributed by atoms with van der Waals surface area (Å²) in [6.07, 6.45) is 4.86. The lowest BCUT2D eigenvalue weighted by molar-refractivity contribution is -0.144. The van der Waals surface area contributed by atoms with Crippen LogP contribution in [0.5, 0.6) is 11.5 Å². The monoisotopic (exact) mass is 431 g/mol. The summed E-state index contributed by atoms with van der Waals surface area (Å²) in [7, 11) is 0. The molecule has 0 aliphatic carbocycles. The van der Waals surface area contributed by atoms with Gasteiger partial charge >= 0.3 is 11.9 Å². The molecule has 1 unspecified atom stereocenters. The molecule has 0 spiro atoms. The number of allylic oxidation sites excluding steroid dienone is 3. The maximum Gasteiger partial charge on any atom is 0.330 e. The van der Waals surface area contributed by atoms with Crippen molar-refractivity contribution in [3.05, 3.63) is 46.1 Å². The van der Waals surface area contributed by atoms with E-state index in [0.717, 1.165) is 5.57 Å². The summed E-state index contributed by atoms with van der Waals surface area (Å²) in [5, 5.41) is 39.5. The van der Waals surface area contributed by atoms with E-state index >= 15 is 0 Å². The van der Waals surface area contributed by atoms with Gasteiger partial charge in [-0.15, -0.1) is 0 Å². The third kappa shape index (κ3) is 5.25. The van der Waals surface area contributed by atoms with Crippen molar-refractivity contribution in [1.29, 1.82) is 0 Å². The number of rotatable bonds is 9. The molecular formula is C23H29NO7. The van der Waals surface area contributed by atoms with Gasteiger partial charge in [-0.05, 0) is 45.1 Å². The minimum absolute atomic E-state index is 0.0373. The highest BCUT2D eigenvalue weighted by molar-refractivity contribution is 6.01. The van der Waals surface area contributed by atoms with E-state index in [-0.39, 0.29) is 47.1 Å². The Balaban J connectivity index is 2.23. The number of phenolic OH excluding ortho intramolecular Hbond substituents is 2. The molecule has 0 radical (unpaired) electrons. The van der Waals surface area contributed by atoms with Crippen LogP contribution in [-0.2, 0) is 22.6 Å². The third-order valence-electron chi connectivity index (χ3n) is 5.51. The van der Waals surface area contributed by atoms with Crippen LogP contribution in [0.25, 0.3) is 0 Å². The van der Waals surface area contributed by atoms with E-state index < -0.39 is 23.9 Å². The van der Waals surface area contributed by atoms with E-state index in [9.17, 15) is 29.7 Å². The van der Waals surface area contributed by atoms with Crippen molar-refractivity contribution in [2.45, 2.75) is 59.5 Å². The molecule has 0 bridgehead atoms. The fourth-order valence-electron chi connectivity index (χ4n) is 3.68. The van der Waals surface area contributed by atoms with E-state index in [0.29, 0.717) is 18.4 Å². The molecule has 1 aromatic carbocycles. The number of nitrogens with zero attached hydrogens (tertiary/aromatic N) is 1. The normalized spacial score (nSPS) is 15.4. The number of carbonyl (C=O) groups excluding carboxylic acids is 1. The Bertz CT molecular complexity index is 959. The standard InChI is InChI=1S/C23H29NO7/c1-12(2)19(23(30)31)24-11-17-16(21(24)27)10-18(25)15(20(17)26)9-8-13(3)6-5-7-14(4)22(28)29/h7-8,10,12,19,25-26H,5-6,9,11H2,1-4H3,(H,28,29)(H,30,31). The Morgan fingerprint density at radius 3 is 2.35 bits per heavy atom. The number of aromatic hydroxyl groups is 2. The van der Waals surface area contributed by atoms with Gasteiger partial charge in [-0.1, -0.05) is 31.6 Å². The molecule has 0 fully saturated rings. The number of phenols is 2. The largest absolute Gasteiger partial charge is 0.507 e. The molecular weight excluding hydrogens is 402 g/mol. The second-order valence-corrected chi connectivity index (χ2v) is 8.19. The minimum atomic E-state index is -1.12. The van der Waals surface area contributed by atoms with Gasteiger partial charge in [0.25, 0.3) is 5.91 Å². The number of carboxylic acid groups (broad SMARTS) is 2. The van der Waals surface area contributed by atoms with Gasteiger partial charge in [-0.3, -0.25) is 4.79 Å². The maximum absolute atomic E-state index is 12.7. The molecule has 4 N–H and O–H groups in total. The minimum Gasteiger partial charge on any atom is -0.507 e. The molecule has 31 heavy (non-hydrogen) atoms. The highest BCUT2D eigenvalue weighted by atomic mass is 16.4. The van der Waals surface area contributed by atoms with Crippen LogP contribution in [0, 0.1) is 5.92 Å². The summed E-state index contributed by atoms with van der Waals surface area (Å²) in [6, 6.07) is 0.253. The van der Waals surface area contributed by atoms with Crippen LogP contribution in [0.2, 0.25) is 0 Å². The molecule has 2 rings (SSSR count). The summed E-state index contributed by atoms with van der Waals surface area (Å²) in [5.74, 6) is -3.36. The van der Waals surface area contributed by atoms with Gasteiger partial charge in [0.15, 0.2) is 0 Å². The zero-order valence-electron chi connectivity index (χ0n) is 18.2. The number of aliphatic carboxylic acids is 2. The molecule has 168 valence electrons. The van der Waals surface area contributed by atoms with E-state index in [1.165, 1.54) is 17.9 Å². The lowest BCUT2D eigenvalue weighted by atomic mass is 9.99. The van der Waals surface area contributed by atoms with Crippen LogP contribution in [0.1, 0.15) is 62.0 Å². The number of hydrogen-bond acceptors (Lipinski definition) is 5. The molecule has 0 aromatic heterocycles. The first-order chi connectivity index (χ1) is 14.5. The topological polar surface area (TPSA) is 135 Å². The Morgan fingerprint density at radius 1 is 1.16 bits per heavy atom. The van der Waals surface area contributed by atoms with Crippen molar-refractivity contribution in [2.75, 3.05) is 0 Å². The third-order valence-corrected chi connectivity index (χ3v) is 5.51. The molecule has 1 amide bonds.